The number of alkyl halides is 1. The fourth-order valence-electron chi connectivity index (χ4n) is 2.23. The number of halogens is 1. The first kappa shape index (κ1) is 13.1. The Labute approximate surface area is 122 Å². The molecule has 1 heterocycles. The fourth-order valence-corrected chi connectivity index (χ4v) is 2.51. The first-order valence-electron chi connectivity index (χ1n) is 6.52. The van der Waals surface area contributed by atoms with Gasteiger partial charge in [0.25, 0.3) is 0 Å². The van der Waals surface area contributed by atoms with Gasteiger partial charge >= 0.3 is 0 Å². The van der Waals surface area contributed by atoms with Crippen molar-refractivity contribution in [1.29, 1.82) is 0 Å². The molecule has 0 radical (unpaired) electrons. The molecule has 1 unspecified atom stereocenters. The van der Waals surface area contributed by atoms with Crippen molar-refractivity contribution >= 4 is 22.6 Å². The van der Waals surface area contributed by atoms with E-state index in [9.17, 15) is 0 Å². The molecule has 0 saturated carbocycles. The first-order valence-corrected chi connectivity index (χ1v) is 6.95. The standard InChI is InChI=1S/C17H15ClO2/c1-19-14-8-6-12(7-9-14)10-15(18)17-11-13-4-2-3-5-16(13)20-17/h2-9,11,15H,10H2,1H3. The molecule has 1 aromatic heterocycles. The quantitative estimate of drug-likeness (QED) is 0.632. The summed E-state index contributed by atoms with van der Waals surface area (Å²) >= 11 is 6.46. The second kappa shape index (κ2) is 5.59. The van der Waals surface area contributed by atoms with E-state index >= 15 is 0 Å². The van der Waals surface area contributed by atoms with Gasteiger partial charge in [0.05, 0.1) is 12.5 Å². The van der Waals surface area contributed by atoms with Gasteiger partial charge in [-0.2, -0.15) is 0 Å². The molecule has 3 heteroatoms. The van der Waals surface area contributed by atoms with Crippen LogP contribution in [0.5, 0.6) is 5.75 Å². The van der Waals surface area contributed by atoms with Gasteiger partial charge in [0.15, 0.2) is 0 Å². The predicted octanol–water partition coefficient (Wildman–Crippen LogP) is 4.96. The second-order valence-corrected chi connectivity index (χ2v) is 5.23. The van der Waals surface area contributed by atoms with Crippen LogP contribution >= 0.6 is 11.6 Å². The molecule has 1 atom stereocenters. The normalized spacial score (nSPS) is 12.5. The zero-order valence-corrected chi connectivity index (χ0v) is 11.9. The third-order valence-corrected chi connectivity index (χ3v) is 3.70. The molecule has 102 valence electrons. The Morgan fingerprint density at radius 2 is 1.85 bits per heavy atom. The Bertz CT molecular complexity index is 667. The van der Waals surface area contributed by atoms with Crippen molar-refractivity contribution in [2.45, 2.75) is 11.8 Å². The average molecular weight is 287 g/mol. The lowest BCUT2D eigenvalue weighted by molar-refractivity contribution is 0.414. The van der Waals surface area contributed by atoms with Crippen molar-refractivity contribution < 1.29 is 9.15 Å². The third kappa shape index (κ3) is 2.66. The lowest BCUT2D eigenvalue weighted by atomic mass is 10.1. The number of ether oxygens (including phenoxy) is 1. The first-order chi connectivity index (χ1) is 9.76. The molecule has 20 heavy (non-hydrogen) atoms. The maximum absolute atomic E-state index is 6.46. The van der Waals surface area contributed by atoms with Crippen LogP contribution in [-0.2, 0) is 6.42 Å². The average Bonchev–Trinajstić information content (AvgIpc) is 2.92. The van der Waals surface area contributed by atoms with Crippen LogP contribution in [0.4, 0.5) is 0 Å². The minimum Gasteiger partial charge on any atom is -0.497 e. The summed E-state index contributed by atoms with van der Waals surface area (Å²) in [5.74, 6) is 1.66. The van der Waals surface area contributed by atoms with Crippen molar-refractivity contribution in [2.75, 3.05) is 7.11 Å². The molecule has 0 aliphatic rings. The molecule has 3 rings (SSSR count). The maximum Gasteiger partial charge on any atom is 0.134 e. The van der Waals surface area contributed by atoms with E-state index in [-0.39, 0.29) is 5.38 Å². The minimum atomic E-state index is -0.171. The van der Waals surface area contributed by atoms with E-state index in [2.05, 4.69) is 0 Å². The predicted molar refractivity (Wildman–Crippen MR) is 81.5 cm³/mol. The summed E-state index contributed by atoms with van der Waals surface area (Å²) in [7, 11) is 1.66. The van der Waals surface area contributed by atoms with Gasteiger partial charge in [-0.15, -0.1) is 11.6 Å². The number of rotatable bonds is 4. The summed E-state index contributed by atoms with van der Waals surface area (Å²) in [5.41, 5.74) is 2.04. The largest absolute Gasteiger partial charge is 0.497 e. The zero-order valence-electron chi connectivity index (χ0n) is 11.2. The molecule has 0 spiro atoms. The number of hydrogen-bond donors (Lipinski definition) is 0. The Balaban J connectivity index is 1.79. The van der Waals surface area contributed by atoms with Crippen LogP contribution in [0.2, 0.25) is 0 Å². The molecular formula is C17H15ClO2. The van der Waals surface area contributed by atoms with Crippen molar-refractivity contribution in [3.8, 4) is 5.75 Å². The van der Waals surface area contributed by atoms with Crippen molar-refractivity contribution in [2.24, 2.45) is 0 Å². The molecule has 0 saturated heterocycles. The van der Waals surface area contributed by atoms with Crippen LogP contribution in [0.1, 0.15) is 16.7 Å². The Hall–Kier alpha value is -1.93. The van der Waals surface area contributed by atoms with E-state index in [0.717, 1.165) is 34.5 Å². The number of hydrogen-bond acceptors (Lipinski definition) is 2. The summed E-state index contributed by atoms with van der Waals surface area (Å²) in [6.07, 6.45) is 0.728. The van der Waals surface area contributed by atoms with E-state index in [1.807, 2.05) is 54.6 Å². The molecule has 0 aliphatic carbocycles. The van der Waals surface area contributed by atoms with Gasteiger partial charge in [0.2, 0.25) is 0 Å². The van der Waals surface area contributed by atoms with E-state index in [4.69, 9.17) is 20.8 Å². The van der Waals surface area contributed by atoms with Crippen molar-refractivity contribution in [3.05, 3.63) is 65.9 Å². The molecule has 0 amide bonds. The van der Waals surface area contributed by atoms with Crippen molar-refractivity contribution in [1.82, 2.24) is 0 Å². The number of furan rings is 1. The van der Waals surface area contributed by atoms with Gasteiger partial charge in [0, 0.05) is 5.39 Å². The van der Waals surface area contributed by atoms with E-state index in [1.165, 1.54) is 0 Å². The highest BCUT2D eigenvalue weighted by Gasteiger charge is 2.14. The lowest BCUT2D eigenvalue weighted by Crippen LogP contribution is -1.94. The van der Waals surface area contributed by atoms with Crippen LogP contribution in [0.3, 0.4) is 0 Å². The Morgan fingerprint density at radius 3 is 2.55 bits per heavy atom. The fraction of sp³-hybridized carbons (Fsp3) is 0.176. The summed E-state index contributed by atoms with van der Waals surface area (Å²) in [6, 6.07) is 17.9. The van der Waals surface area contributed by atoms with Gasteiger partial charge in [-0.25, -0.2) is 0 Å². The monoisotopic (exact) mass is 286 g/mol. The molecule has 3 aromatic rings. The Morgan fingerprint density at radius 1 is 1.10 bits per heavy atom. The van der Waals surface area contributed by atoms with Crippen LogP contribution in [0.25, 0.3) is 11.0 Å². The number of para-hydroxylation sites is 1. The number of benzene rings is 2. The molecule has 2 aromatic carbocycles. The summed E-state index contributed by atoms with van der Waals surface area (Å²) in [4.78, 5) is 0. The Kier molecular flexibility index (Phi) is 3.66. The highest BCUT2D eigenvalue weighted by molar-refractivity contribution is 6.20. The van der Waals surface area contributed by atoms with E-state index < -0.39 is 0 Å². The van der Waals surface area contributed by atoms with Gasteiger partial charge in [-0.3, -0.25) is 0 Å². The number of methoxy groups -OCH3 is 1. The molecule has 0 bridgehead atoms. The van der Waals surface area contributed by atoms with Crippen LogP contribution in [0, 0.1) is 0 Å². The molecule has 2 nitrogen and oxygen atoms in total. The van der Waals surface area contributed by atoms with Gasteiger partial charge in [-0.1, -0.05) is 30.3 Å². The molecule has 0 fully saturated rings. The third-order valence-electron chi connectivity index (χ3n) is 3.33. The minimum absolute atomic E-state index is 0.171. The van der Waals surface area contributed by atoms with E-state index in [0.29, 0.717) is 0 Å². The summed E-state index contributed by atoms with van der Waals surface area (Å²) in [6.45, 7) is 0. The maximum atomic E-state index is 6.46. The van der Waals surface area contributed by atoms with Gasteiger partial charge < -0.3 is 9.15 Å². The lowest BCUT2D eigenvalue weighted by Gasteiger charge is -2.07. The SMILES string of the molecule is COc1ccc(CC(Cl)c2cc3ccccc3o2)cc1. The van der Waals surface area contributed by atoms with Crippen molar-refractivity contribution in [3.63, 3.8) is 0 Å². The van der Waals surface area contributed by atoms with Gasteiger partial charge in [0.1, 0.15) is 17.1 Å². The summed E-state index contributed by atoms with van der Waals surface area (Å²) < 4.78 is 10.9. The summed E-state index contributed by atoms with van der Waals surface area (Å²) in [5, 5.41) is 0.915. The molecule has 0 N–H and O–H groups in total. The second-order valence-electron chi connectivity index (χ2n) is 4.71. The molecule has 0 aliphatic heterocycles. The van der Waals surface area contributed by atoms with Crippen LogP contribution in [0.15, 0.2) is 59.0 Å². The van der Waals surface area contributed by atoms with Crippen LogP contribution in [-0.4, -0.2) is 7.11 Å². The van der Waals surface area contributed by atoms with Crippen LogP contribution < -0.4 is 4.74 Å². The smallest absolute Gasteiger partial charge is 0.134 e. The van der Waals surface area contributed by atoms with E-state index in [1.54, 1.807) is 7.11 Å². The zero-order chi connectivity index (χ0) is 13.9. The van der Waals surface area contributed by atoms with Gasteiger partial charge in [-0.05, 0) is 36.2 Å². The number of fused-ring (bicyclic) bond motifs is 1. The topological polar surface area (TPSA) is 22.4 Å². The highest BCUT2D eigenvalue weighted by Crippen LogP contribution is 2.30. The highest BCUT2D eigenvalue weighted by atomic mass is 35.5. The molecular weight excluding hydrogens is 272 g/mol.